The highest BCUT2D eigenvalue weighted by atomic mass is 16.5. The van der Waals surface area contributed by atoms with Crippen molar-refractivity contribution in [2.45, 2.75) is 57.7 Å². The molecule has 18 heavy (non-hydrogen) atoms. The highest BCUT2D eigenvalue weighted by Gasteiger charge is 2.44. The summed E-state index contributed by atoms with van der Waals surface area (Å²) in [6.07, 6.45) is 3.27. The average Bonchev–Trinajstić information content (AvgIpc) is 2.33. The third-order valence-corrected chi connectivity index (χ3v) is 3.75. The molecule has 2 atom stereocenters. The summed E-state index contributed by atoms with van der Waals surface area (Å²) >= 11 is 0. The topological polar surface area (TPSA) is 58.6 Å². The Hall–Kier alpha value is -1.10. The number of piperazine rings is 1. The molecule has 5 nitrogen and oxygen atoms in total. The van der Waals surface area contributed by atoms with Crippen LogP contribution in [0.3, 0.4) is 0 Å². The second-order valence-corrected chi connectivity index (χ2v) is 5.74. The van der Waals surface area contributed by atoms with Gasteiger partial charge < -0.3 is 15.0 Å². The molecule has 2 unspecified atom stereocenters. The first-order chi connectivity index (χ1) is 8.42. The highest BCUT2D eigenvalue weighted by Crippen LogP contribution is 2.21. The van der Waals surface area contributed by atoms with Gasteiger partial charge in [-0.05, 0) is 40.0 Å². The van der Waals surface area contributed by atoms with Crippen molar-refractivity contribution in [3.63, 3.8) is 0 Å². The van der Waals surface area contributed by atoms with E-state index in [0.29, 0.717) is 6.54 Å². The minimum absolute atomic E-state index is 0.0243. The molecule has 2 heterocycles. The minimum atomic E-state index is -0.807. The summed E-state index contributed by atoms with van der Waals surface area (Å²) in [6.45, 7) is 6.54. The van der Waals surface area contributed by atoms with Gasteiger partial charge in [0, 0.05) is 13.2 Å². The van der Waals surface area contributed by atoms with Crippen LogP contribution in [0.2, 0.25) is 0 Å². The Bertz CT molecular complexity index is 348. The van der Waals surface area contributed by atoms with E-state index in [1.165, 1.54) is 0 Å². The van der Waals surface area contributed by atoms with Crippen LogP contribution in [0.1, 0.15) is 40.0 Å². The van der Waals surface area contributed by atoms with Crippen molar-refractivity contribution in [2.24, 2.45) is 0 Å². The maximum absolute atomic E-state index is 12.3. The zero-order valence-corrected chi connectivity index (χ0v) is 11.4. The van der Waals surface area contributed by atoms with E-state index in [9.17, 15) is 9.59 Å². The Labute approximate surface area is 108 Å². The molecule has 0 aliphatic carbocycles. The van der Waals surface area contributed by atoms with Crippen LogP contribution in [0.25, 0.3) is 0 Å². The van der Waals surface area contributed by atoms with E-state index in [4.69, 9.17) is 4.74 Å². The van der Waals surface area contributed by atoms with Gasteiger partial charge in [0.15, 0.2) is 0 Å². The summed E-state index contributed by atoms with van der Waals surface area (Å²) in [6, 6.07) is -0.406. The van der Waals surface area contributed by atoms with Crippen LogP contribution in [0.5, 0.6) is 0 Å². The van der Waals surface area contributed by atoms with Crippen LogP contribution in [0.4, 0.5) is 0 Å². The molecule has 0 saturated carbocycles. The average molecular weight is 254 g/mol. The van der Waals surface area contributed by atoms with Gasteiger partial charge in [0.1, 0.15) is 11.6 Å². The number of hydrogen-bond acceptors (Lipinski definition) is 3. The van der Waals surface area contributed by atoms with Gasteiger partial charge in [0.05, 0.1) is 6.10 Å². The van der Waals surface area contributed by atoms with Crippen molar-refractivity contribution in [2.75, 3.05) is 13.2 Å². The molecular formula is C13H22N2O3. The largest absolute Gasteiger partial charge is 0.376 e. The number of rotatable bonds is 2. The molecule has 0 aromatic rings. The first-order valence-corrected chi connectivity index (χ1v) is 6.66. The molecule has 5 heteroatoms. The van der Waals surface area contributed by atoms with E-state index >= 15 is 0 Å². The molecule has 2 aliphatic heterocycles. The van der Waals surface area contributed by atoms with Crippen LogP contribution in [-0.2, 0) is 14.3 Å². The summed E-state index contributed by atoms with van der Waals surface area (Å²) in [5.74, 6) is -0.112. The van der Waals surface area contributed by atoms with E-state index in [1.54, 1.807) is 25.7 Å². The Kier molecular flexibility index (Phi) is 3.61. The van der Waals surface area contributed by atoms with Crippen LogP contribution < -0.4 is 5.32 Å². The van der Waals surface area contributed by atoms with Gasteiger partial charge in [0.2, 0.25) is 11.8 Å². The Morgan fingerprint density at radius 3 is 2.72 bits per heavy atom. The molecule has 0 spiro atoms. The molecule has 2 rings (SSSR count). The minimum Gasteiger partial charge on any atom is -0.376 e. The lowest BCUT2D eigenvalue weighted by molar-refractivity contribution is -0.155. The maximum Gasteiger partial charge on any atom is 0.248 e. The fourth-order valence-electron chi connectivity index (χ4n) is 2.55. The summed E-state index contributed by atoms with van der Waals surface area (Å²) in [4.78, 5) is 25.9. The molecule has 2 amide bonds. The summed E-state index contributed by atoms with van der Waals surface area (Å²) in [5, 5.41) is 2.75. The molecule has 2 aliphatic rings. The van der Waals surface area contributed by atoms with Gasteiger partial charge in [-0.2, -0.15) is 0 Å². The van der Waals surface area contributed by atoms with Crippen LogP contribution >= 0.6 is 0 Å². The zero-order valence-electron chi connectivity index (χ0n) is 11.4. The smallest absolute Gasteiger partial charge is 0.248 e. The highest BCUT2D eigenvalue weighted by molar-refractivity contribution is 5.99. The van der Waals surface area contributed by atoms with E-state index < -0.39 is 11.6 Å². The predicted molar refractivity (Wildman–Crippen MR) is 67.0 cm³/mol. The number of ether oxygens (including phenoxy) is 1. The standard InChI is InChI=1S/C13H22N2O3/c1-9-11(16)14-13(2,3)12(17)15(9)8-10-6-4-5-7-18-10/h9-10H,4-8H2,1-3H3,(H,14,16). The second-order valence-electron chi connectivity index (χ2n) is 5.74. The van der Waals surface area contributed by atoms with Gasteiger partial charge in [0.25, 0.3) is 0 Å². The second kappa shape index (κ2) is 4.88. The summed E-state index contributed by atoms with van der Waals surface area (Å²) < 4.78 is 5.66. The van der Waals surface area contributed by atoms with E-state index in [-0.39, 0.29) is 17.9 Å². The van der Waals surface area contributed by atoms with Crippen molar-refractivity contribution in [3.8, 4) is 0 Å². The van der Waals surface area contributed by atoms with Crippen LogP contribution in [0, 0.1) is 0 Å². The van der Waals surface area contributed by atoms with Gasteiger partial charge in [-0.25, -0.2) is 0 Å². The number of carbonyl (C=O) groups is 2. The first kappa shape index (κ1) is 13.3. The quantitative estimate of drug-likeness (QED) is 0.788. The lowest BCUT2D eigenvalue weighted by Gasteiger charge is -2.43. The molecule has 0 bridgehead atoms. The monoisotopic (exact) mass is 254 g/mol. The SMILES string of the molecule is CC1C(=O)NC(C)(C)C(=O)N1CC1CCCCO1. The fourth-order valence-corrected chi connectivity index (χ4v) is 2.55. The van der Waals surface area contributed by atoms with Crippen molar-refractivity contribution in [1.29, 1.82) is 0 Å². The third kappa shape index (κ3) is 2.51. The molecular weight excluding hydrogens is 232 g/mol. The Morgan fingerprint density at radius 2 is 2.11 bits per heavy atom. The number of nitrogens with one attached hydrogen (secondary N) is 1. The van der Waals surface area contributed by atoms with Gasteiger partial charge in [-0.3, -0.25) is 9.59 Å². The number of amides is 2. The summed E-state index contributed by atoms with van der Waals surface area (Å²) in [7, 11) is 0. The van der Waals surface area contributed by atoms with Crippen LogP contribution in [-0.4, -0.2) is 47.6 Å². The molecule has 0 aromatic heterocycles. The third-order valence-electron chi connectivity index (χ3n) is 3.75. The fraction of sp³-hybridized carbons (Fsp3) is 0.846. The van der Waals surface area contributed by atoms with Gasteiger partial charge >= 0.3 is 0 Å². The normalized spacial score (nSPS) is 32.3. The lowest BCUT2D eigenvalue weighted by atomic mass is 9.96. The molecule has 0 aromatic carbocycles. The Balaban J connectivity index is 2.08. The number of carbonyl (C=O) groups excluding carboxylic acids is 2. The lowest BCUT2D eigenvalue weighted by Crippen LogP contribution is -2.68. The maximum atomic E-state index is 12.3. The molecule has 2 saturated heterocycles. The molecule has 0 radical (unpaired) electrons. The van der Waals surface area contributed by atoms with E-state index in [2.05, 4.69) is 5.32 Å². The van der Waals surface area contributed by atoms with Crippen molar-refractivity contribution < 1.29 is 14.3 Å². The number of hydrogen-bond donors (Lipinski definition) is 1. The molecule has 102 valence electrons. The molecule has 2 fully saturated rings. The van der Waals surface area contributed by atoms with E-state index in [1.807, 2.05) is 0 Å². The van der Waals surface area contributed by atoms with Crippen LogP contribution in [0.15, 0.2) is 0 Å². The predicted octanol–water partition coefficient (Wildman–Crippen LogP) is 0.681. The van der Waals surface area contributed by atoms with Crippen molar-refractivity contribution in [1.82, 2.24) is 10.2 Å². The van der Waals surface area contributed by atoms with Crippen molar-refractivity contribution >= 4 is 11.8 Å². The van der Waals surface area contributed by atoms with Crippen molar-refractivity contribution in [3.05, 3.63) is 0 Å². The molecule has 1 N–H and O–H groups in total. The van der Waals surface area contributed by atoms with Gasteiger partial charge in [-0.15, -0.1) is 0 Å². The summed E-state index contributed by atoms with van der Waals surface area (Å²) in [5.41, 5.74) is -0.807. The Morgan fingerprint density at radius 1 is 1.39 bits per heavy atom. The zero-order chi connectivity index (χ0) is 13.3. The van der Waals surface area contributed by atoms with Gasteiger partial charge in [-0.1, -0.05) is 0 Å². The van der Waals surface area contributed by atoms with E-state index in [0.717, 1.165) is 25.9 Å². The first-order valence-electron chi connectivity index (χ1n) is 6.66. The number of nitrogens with zero attached hydrogens (tertiary/aromatic N) is 1.